The van der Waals surface area contributed by atoms with E-state index in [-0.39, 0.29) is 24.1 Å². The Hall–Kier alpha value is -3.40. The fourth-order valence-electron chi connectivity index (χ4n) is 4.71. The number of halogens is 6. The van der Waals surface area contributed by atoms with Gasteiger partial charge in [0.15, 0.2) is 17.3 Å². The van der Waals surface area contributed by atoms with E-state index in [1.807, 2.05) is 4.57 Å². The van der Waals surface area contributed by atoms with E-state index in [1.165, 1.54) is 12.1 Å². The van der Waals surface area contributed by atoms with Crippen LogP contribution in [0.4, 0.5) is 33.6 Å². The number of rotatable bonds is 8. The van der Waals surface area contributed by atoms with Gasteiger partial charge in [-0.1, -0.05) is 6.07 Å². The van der Waals surface area contributed by atoms with Crippen LogP contribution in [0, 0.1) is 21.1 Å². The molecular weight excluding hydrogens is 660 g/mol. The van der Waals surface area contributed by atoms with Crippen molar-refractivity contribution in [1.29, 1.82) is 0 Å². The zero-order chi connectivity index (χ0) is 29.1. The van der Waals surface area contributed by atoms with Crippen LogP contribution in [0.1, 0.15) is 24.8 Å². The van der Waals surface area contributed by atoms with Crippen molar-refractivity contribution in [2.45, 2.75) is 38.5 Å². The average molecular weight is 685 g/mol. The van der Waals surface area contributed by atoms with Gasteiger partial charge in [0.1, 0.15) is 17.8 Å². The maximum Gasteiger partial charge on any atom is 0.397 e. The highest BCUT2D eigenvalue weighted by Gasteiger charge is 2.31. The Kier molecular flexibility index (Phi) is 8.68. The predicted octanol–water partition coefficient (Wildman–Crippen LogP) is 5.88. The number of imidazole rings is 1. The van der Waals surface area contributed by atoms with Crippen LogP contribution in [0.3, 0.4) is 0 Å². The molecule has 14 heteroatoms. The summed E-state index contributed by atoms with van der Waals surface area (Å²) in [5.41, 5.74) is 2.38. The summed E-state index contributed by atoms with van der Waals surface area (Å²) in [5, 5.41) is 8.75. The van der Waals surface area contributed by atoms with E-state index >= 15 is 0 Å². The van der Waals surface area contributed by atoms with Crippen molar-refractivity contribution in [3.63, 3.8) is 0 Å². The normalized spacial score (nSPS) is 15.7. The lowest BCUT2D eigenvalue weighted by Gasteiger charge is -2.24. The predicted molar refractivity (Wildman–Crippen MR) is 152 cm³/mol. The van der Waals surface area contributed by atoms with Crippen LogP contribution in [0.2, 0.25) is 0 Å². The number of carbonyl (C=O) groups excluding carboxylic acids is 1. The van der Waals surface area contributed by atoms with Gasteiger partial charge in [0, 0.05) is 27.9 Å². The first-order valence-corrected chi connectivity index (χ1v) is 13.9. The summed E-state index contributed by atoms with van der Waals surface area (Å²) in [4.78, 5) is 25.7. The first-order chi connectivity index (χ1) is 19.6. The highest BCUT2D eigenvalue weighted by molar-refractivity contribution is 14.1. The van der Waals surface area contributed by atoms with Gasteiger partial charge < -0.3 is 20.5 Å². The maximum atomic E-state index is 13.6. The maximum absolute atomic E-state index is 13.6. The molecule has 1 fully saturated rings. The fourth-order valence-corrected chi connectivity index (χ4v) is 5.29. The molecule has 0 aliphatic carbocycles. The number of nitrogens with one attached hydrogen (secondary N) is 3. The molecule has 0 unspecified atom stereocenters. The third kappa shape index (κ3) is 7.28. The molecule has 1 amide bonds. The zero-order valence-electron chi connectivity index (χ0n) is 21.5. The van der Waals surface area contributed by atoms with E-state index in [0.717, 1.165) is 41.6 Å². The van der Waals surface area contributed by atoms with E-state index < -0.39 is 30.1 Å². The molecule has 8 nitrogen and oxygen atoms in total. The van der Waals surface area contributed by atoms with Crippen LogP contribution in [-0.4, -0.2) is 44.7 Å². The van der Waals surface area contributed by atoms with E-state index in [0.29, 0.717) is 34.7 Å². The number of nitrogens with zero attached hydrogens (tertiary/aromatic N) is 4. The highest BCUT2D eigenvalue weighted by atomic mass is 127. The molecule has 0 bridgehead atoms. The molecular formula is C27H25F5IN7O. The number of hydrogen-bond donors (Lipinski definition) is 3. The molecule has 2 aromatic heterocycles. The van der Waals surface area contributed by atoms with Crippen LogP contribution in [0.25, 0.3) is 22.6 Å². The molecule has 1 aliphatic heterocycles. The second kappa shape index (κ2) is 12.2. The molecule has 216 valence electrons. The largest absolute Gasteiger partial charge is 0.397 e. The Balaban J connectivity index is 1.49. The third-order valence-corrected chi connectivity index (χ3v) is 7.55. The molecule has 3 N–H and O–H groups in total. The topological polar surface area (TPSA) is 96.8 Å². The minimum atomic E-state index is -4.62. The smallest absolute Gasteiger partial charge is 0.350 e. The molecule has 2 aromatic carbocycles. The lowest BCUT2D eigenvalue weighted by Crippen LogP contribution is -2.32. The monoisotopic (exact) mass is 685 g/mol. The number of amides is 1. The summed E-state index contributed by atoms with van der Waals surface area (Å²) in [6.45, 7) is 2.47. The Bertz CT molecular complexity index is 1570. The van der Waals surface area contributed by atoms with Gasteiger partial charge in [-0.15, -0.1) is 0 Å². The summed E-state index contributed by atoms with van der Waals surface area (Å²) in [7, 11) is 0. The minimum absolute atomic E-state index is 0.161. The van der Waals surface area contributed by atoms with Crippen LogP contribution in [0.15, 0.2) is 42.6 Å². The SMILES string of the molecule is O=C(CC(F)(F)F)Nc1ccc(I)c(-c2nc3cnc(NCc4ccc(F)c(F)c4)nc3n2C[C@@H]2CCCNC2)c1. The van der Waals surface area contributed by atoms with E-state index in [1.54, 1.807) is 18.3 Å². The molecule has 3 heterocycles. The van der Waals surface area contributed by atoms with Crippen molar-refractivity contribution in [3.8, 4) is 11.4 Å². The van der Waals surface area contributed by atoms with Gasteiger partial charge in [-0.3, -0.25) is 4.79 Å². The Labute approximate surface area is 245 Å². The summed E-state index contributed by atoms with van der Waals surface area (Å²) in [6, 6.07) is 8.45. The highest BCUT2D eigenvalue weighted by Crippen LogP contribution is 2.32. The number of carbonyl (C=O) groups is 1. The van der Waals surface area contributed by atoms with Crippen LogP contribution in [0.5, 0.6) is 0 Å². The van der Waals surface area contributed by atoms with Crippen LogP contribution >= 0.6 is 22.6 Å². The minimum Gasteiger partial charge on any atom is -0.350 e. The summed E-state index contributed by atoms with van der Waals surface area (Å²) >= 11 is 2.12. The molecule has 4 aromatic rings. The van der Waals surface area contributed by atoms with Crippen molar-refractivity contribution in [2.24, 2.45) is 5.92 Å². The molecule has 5 rings (SSSR count). The molecule has 1 atom stereocenters. The van der Waals surface area contributed by atoms with Crippen molar-refractivity contribution >= 4 is 51.3 Å². The second-order valence-electron chi connectivity index (χ2n) is 9.80. The Morgan fingerprint density at radius 1 is 1.12 bits per heavy atom. The number of fused-ring (bicyclic) bond motifs is 1. The molecule has 1 saturated heterocycles. The fraction of sp³-hybridized carbons (Fsp3) is 0.333. The van der Waals surface area contributed by atoms with Gasteiger partial charge in [0.05, 0.1) is 6.20 Å². The zero-order valence-corrected chi connectivity index (χ0v) is 23.7. The second-order valence-corrected chi connectivity index (χ2v) is 11.0. The third-order valence-electron chi connectivity index (χ3n) is 6.61. The molecule has 1 aliphatic rings. The lowest BCUT2D eigenvalue weighted by molar-refractivity contribution is -0.150. The first kappa shape index (κ1) is 29.1. The standard InChI is InChI=1S/C27H25F5IN7O/c28-19-5-3-15(8-20(19)29)12-35-26-36-13-22-25(39-26)40(14-16-2-1-7-34-11-16)24(38-22)18-9-17(4-6-21(18)33)37-23(41)10-27(30,31)32/h3-6,8-9,13,16,34H,1-2,7,10-12,14H2,(H,37,41)(H,35,36,39)/t16-/m1/s1. The number of anilines is 2. The summed E-state index contributed by atoms with van der Waals surface area (Å²) in [5.74, 6) is -1.96. The Morgan fingerprint density at radius 3 is 2.68 bits per heavy atom. The van der Waals surface area contributed by atoms with Crippen molar-refractivity contribution < 1.29 is 26.7 Å². The summed E-state index contributed by atoms with van der Waals surface area (Å²) in [6.07, 6.45) is -2.65. The van der Waals surface area contributed by atoms with Crippen LogP contribution < -0.4 is 16.0 Å². The number of aromatic nitrogens is 4. The van der Waals surface area contributed by atoms with E-state index in [2.05, 4.69) is 48.5 Å². The van der Waals surface area contributed by atoms with Crippen LogP contribution in [-0.2, 0) is 17.9 Å². The molecule has 41 heavy (non-hydrogen) atoms. The Morgan fingerprint density at radius 2 is 1.95 bits per heavy atom. The van der Waals surface area contributed by atoms with Crippen molar-refractivity contribution in [3.05, 3.63) is 63.4 Å². The lowest BCUT2D eigenvalue weighted by atomic mass is 9.99. The van der Waals surface area contributed by atoms with Gasteiger partial charge >= 0.3 is 6.18 Å². The van der Waals surface area contributed by atoms with Gasteiger partial charge in [0.2, 0.25) is 11.9 Å². The van der Waals surface area contributed by atoms with Crippen molar-refractivity contribution in [2.75, 3.05) is 23.7 Å². The van der Waals surface area contributed by atoms with Gasteiger partial charge in [0.25, 0.3) is 0 Å². The number of alkyl halides is 3. The number of piperidine rings is 1. The van der Waals surface area contributed by atoms with E-state index in [4.69, 9.17) is 4.98 Å². The number of hydrogen-bond acceptors (Lipinski definition) is 6. The summed E-state index contributed by atoms with van der Waals surface area (Å²) < 4.78 is 67.8. The van der Waals surface area contributed by atoms with Gasteiger partial charge in [-0.2, -0.15) is 18.2 Å². The molecule has 0 saturated carbocycles. The first-order valence-electron chi connectivity index (χ1n) is 12.8. The van der Waals surface area contributed by atoms with E-state index in [9.17, 15) is 26.7 Å². The van der Waals surface area contributed by atoms with Gasteiger partial charge in [-0.05, 0) is 90.3 Å². The van der Waals surface area contributed by atoms with Gasteiger partial charge in [-0.25, -0.2) is 18.7 Å². The number of benzene rings is 2. The average Bonchev–Trinajstić information content (AvgIpc) is 3.27. The molecule has 0 spiro atoms. The quantitative estimate of drug-likeness (QED) is 0.159. The molecule has 0 radical (unpaired) electrons. The van der Waals surface area contributed by atoms with Crippen molar-refractivity contribution in [1.82, 2.24) is 24.8 Å².